The minimum absolute atomic E-state index is 0.0235. The van der Waals surface area contributed by atoms with Gasteiger partial charge in [0.25, 0.3) is 0 Å². The average molecular weight is 301 g/mol. The third-order valence-electron chi connectivity index (χ3n) is 3.63. The van der Waals surface area contributed by atoms with Gasteiger partial charge < -0.3 is 9.64 Å². The highest BCUT2D eigenvalue weighted by Gasteiger charge is 2.25. The van der Waals surface area contributed by atoms with Crippen LogP contribution in [0.5, 0.6) is 5.88 Å². The number of aryl methyl sites for hydroxylation is 1. The van der Waals surface area contributed by atoms with E-state index in [9.17, 15) is 4.79 Å². The van der Waals surface area contributed by atoms with Crippen molar-refractivity contribution < 1.29 is 9.53 Å². The molecule has 1 fully saturated rings. The van der Waals surface area contributed by atoms with E-state index in [0.717, 1.165) is 19.4 Å². The van der Waals surface area contributed by atoms with Crippen molar-refractivity contribution in [3.05, 3.63) is 36.5 Å². The van der Waals surface area contributed by atoms with Crippen molar-refractivity contribution in [2.24, 2.45) is 0 Å². The molecule has 1 amide bonds. The number of ether oxygens (including phenoxy) is 1. The molecule has 1 aliphatic heterocycles. The number of piperidine rings is 1. The molecule has 1 unspecified atom stereocenters. The van der Waals surface area contributed by atoms with Crippen LogP contribution in [-0.4, -0.2) is 49.7 Å². The minimum atomic E-state index is -0.0235. The van der Waals surface area contributed by atoms with E-state index in [1.165, 1.54) is 0 Å². The molecule has 116 valence electrons. The van der Waals surface area contributed by atoms with Gasteiger partial charge in [-0.1, -0.05) is 0 Å². The lowest BCUT2D eigenvalue weighted by atomic mass is 10.1. The smallest absolute Gasteiger partial charge is 0.244 e. The van der Waals surface area contributed by atoms with Gasteiger partial charge in [-0.25, -0.2) is 4.98 Å². The van der Waals surface area contributed by atoms with Crippen LogP contribution in [-0.2, 0) is 11.3 Å². The van der Waals surface area contributed by atoms with Crippen molar-refractivity contribution in [3.63, 3.8) is 0 Å². The Morgan fingerprint density at radius 2 is 2.36 bits per heavy atom. The van der Waals surface area contributed by atoms with Crippen molar-refractivity contribution in [3.8, 4) is 5.88 Å². The van der Waals surface area contributed by atoms with Crippen molar-refractivity contribution in [1.82, 2.24) is 24.6 Å². The van der Waals surface area contributed by atoms with Crippen LogP contribution in [0.2, 0.25) is 0 Å². The Bertz CT molecular complexity index is 629. The standard InChI is InChI=1S/C15H19N5O2/c1-12-16-7-5-14(18-12)22-13-4-2-8-19(10-13)15(21)11-20-9-3-6-17-20/h3,5-7,9,13H,2,4,8,10-11H2,1H3. The largest absolute Gasteiger partial charge is 0.472 e. The second-order valence-corrected chi connectivity index (χ2v) is 5.37. The molecule has 0 radical (unpaired) electrons. The molecule has 22 heavy (non-hydrogen) atoms. The summed E-state index contributed by atoms with van der Waals surface area (Å²) in [5.41, 5.74) is 0. The van der Waals surface area contributed by atoms with E-state index < -0.39 is 0 Å². The van der Waals surface area contributed by atoms with E-state index in [4.69, 9.17) is 4.74 Å². The Labute approximate surface area is 128 Å². The van der Waals surface area contributed by atoms with Gasteiger partial charge >= 0.3 is 0 Å². The topological polar surface area (TPSA) is 73.1 Å². The Hall–Kier alpha value is -2.44. The summed E-state index contributed by atoms with van der Waals surface area (Å²) >= 11 is 0. The Balaban J connectivity index is 1.58. The van der Waals surface area contributed by atoms with E-state index in [1.54, 1.807) is 29.3 Å². The fraction of sp³-hybridized carbons (Fsp3) is 0.467. The van der Waals surface area contributed by atoms with Crippen LogP contribution in [0, 0.1) is 6.92 Å². The number of carbonyl (C=O) groups excluding carboxylic acids is 1. The molecule has 0 N–H and O–H groups in total. The number of hydrogen-bond acceptors (Lipinski definition) is 5. The molecule has 1 aliphatic rings. The highest BCUT2D eigenvalue weighted by molar-refractivity contribution is 5.76. The number of amides is 1. The summed E-state index contributed by atoms with van der Waals surface area (Å²) in [5.74, 6) is 1.31. The monoisotopic (exact) mass is 301 g/mol. The van der Waals surface area contributed by atoms with E-state index in [2.05, 4.69) is 15.1 Å². The molecule has 0 bridgehead atoms. The highest BCUT2D eigenvalue weighted by atomic mass is 16.5. The summed E-state index contributed by atoms with van der Waals surface area (Å²) < 4.78 is 7.52. The van der Waals surface area contributed by atoms with Crippen molar-refractivity contribution in [2.75, 3.05) is 13.1 Å². The molecular formula is C15H19N5O2. The predicted molar refractivity (Wildman–Crippen MR) is 79.2 cm³/mol. The van der Waals surface area contributed by atoms with Crippen LogP contribution in [0.4, 0.5) is 0 Å². The molecule has 2 aromatic heterocycles. The zero-order chi connectivity index (χ0) is 15.4. The predicted octanol–water partition coefficient (Wildman–Crippen LogP) is 1.05. The number of likely N-dealkylation sites (tertiary alicyclic amines) is 1. The Morgan fingerprint density at radius 3 is 3.14 bits per heavy atom. The fourth-order valence-electron chi connectivity index (χ4n) is 2.56. The maximum atomic E-state index is 12.3. The maximum absolute atomic E-state index is 12.3. The normalized spacial score (nSPS) is 18.2. The first-order valence-corrected chi connectivity index (χ1v) is 7.42. The zero-order valence-electron chi connectivity index (χ0n) is 12.6. The minimum Gasteiger partial charge on any atom is -0.472 e. The van der Waals surface area contributed by atoms with Crippen LogP contribution < -0.4 is 4.74 Å². The lowest BCUT2D eigenvalue weighted by Gasteiger charge is -2.32. The second kappa shape index (κ2) is 6.55. The molecule has 3 rings (SSSR count). The summed E-state index contributed by atoms with van der Waals surface area (Å²) in [4.78, 5) is 22.4. The van der Waals surface area contributed by atoms with E-state index in [1.807, 2.05) is 17.9 Å². The number of aromatic nitrogens is 4. The summed E-state index contributed by atoms with van der Waals surface area (Å²) in [5, 5.41) is 4.07. The Kier molecular flexibility index (Phi) is 4.32. The average Bonchev–Trinajstić information content (AvgIpc) is 3.00. The number of rotatable bonds is 4. The number of nitrogens with zero attached hydrogens (tertiary/aromatic N) is 5. The molecule has 1 atom stereocenters. The van der Waals surface area contributed by atoms with Crippen molar-refractivity contribution in [1.29, 1.82) is 0 Å². The lowest BCUT2D eigenvalue weighted by Crippen LogP contribution is -2.45. The highest BCUT2D eigenvalue weighted by Crippen LogP contribution is 2.17. The first kappa shape index (κ1) is 14.5. The third kappa shape index (κ3) is 3.60. The van der Waals surface area contributed by atoms with Gasteiger partial charge in [0.2, 0.25) is 11.8 Å². The summed E-state index contributed by atoms with van der Waals surface area (Å²) in [7, 11) is 0. The van der Waals surface area contributed by atoms with E-state index >= 15 is 0 Å². The van der Waals surface area contributed by atoms with Crippen LogP contribution in [0.15, 0.2) is 30.7 Å². The van der Waals surface area contributed by atoms with Crippen molar-refractivity contribution >= 4 is 5.91 Å². The SMILES string of the molecule is Cc1nccc(OC2CCCN(C(=O)Cn3cccn3)C2)n1. The van der Waals surface area contributed by atoms with Crippen LogP contribution >= 0.6 is 0 Å². The fourth-order valence-corrected chi connectivity index (χ4v) is 2.56. The molecule has 3 heterocycles. The first-order valence-electron chi connectivity index (χ1n) is 7.42. The maximum Gasteiger partial charge on any atom is 0.244 e. The second-order valence-electron chi connectivity index (χ2n) is 5.37. The van der Waals surface area contributed by atoms with Gasteiger partial charge in [0.15, 0.2) is 0 Å². The molecule has 0 saturated carbocycles. The van der Waals surface area contributed by atoms with Gasteiger partial charge in [0.05, 0.1) is 6.54 Å². The summed E-state index contributed by atoms with van der Waals surface area (Å²) in [6, 6.07) is 3.56. The molecule has 7 nitrogen and oxygen atoms in total. The van der Waals surface area contributed by atoms with Crippen LogP contribution in [0.1, 0.15) is 18.7 Å². The first-order chi connectivity index (χ1) is 10.7. The molecule has 0 aromatic carbocycles. The van der Waals surface area contributed by atoms with Gasteiger partial charge in [-0.2, -0.15) is 10.1 Å². The molecular weight excluding hydrogens is 282 g/mol. The quantitative estimate of drug-likeness (QED) is 0.844. The van der Waals surface area contributed by atoms with E-state index in [0.29, 0.717) is 18.2 Å². The van der Waals surface area contributed by atoms with E-state index in [-0.39, 0.29) is 18.6 Å². The van der Waals surface area contributed by atoms with Gasteiger partial charge in [-0.3, -0.25) is 9.48 Å². The third-order valence-corrected chi connectivity index (χ3v) is 3.63. The zero-order valence-corrected chi connectivity index (χ0v) is 12.6. The van der Waals surface area contributed by atoms with Crippen molar-refractivity contribution in [2.45, 2.75) is 32.4 Å². The molecule has 0 spiro atoms. The summed E-state index contributed by atoms with van der Waals surface area (Å²) in [6.07, 6.45) is 6.98. The Morgan fingerprint density at radius 1 is 1.45 bits per heavy atom. The van der Waals surface area contributed by atoms with Gasteiger partial charge in [0.1, 0.15) is 18.5 Å². The molecule has 1 saturated heterocycles. The molecule has 7 heteroatoms. The van der Waals surface area contributed by atoms with Gasteiger partial charge in [-0.05, 0) is 25.8 Å². The van der Waals surface area contributed by atoms with Gasteiger partial charge in [0, 0.05) is 31.2 Å². The van der Waals surface area contributed by atoms with Crippen LogP contribution in [0.25, 0.3) is 0 Å². The number of carbonyl (C=O) groups is 1. The summed E-state index contributed by atoms with van der Waals surface area (Å²) in [6.45, 7) is 3.45. The van der Waals surface area contributed by atoms with Crippen LogP contribution in [0.3, 0.4) is 0 Å². The van der Waals surface area contributed by atoms with Gasteiger partial charge in [-0.15, -0.1) is 0 Å². The molecule has 2 aromatic rings. The number of hydrogen-bond donors (Lipinski definition) is 0. The lowest BCUT2D eigenvalue weighted by molar-refractivity contribution is -0.134. The molecule has 0 aliphatic carbocycles.